The maximum atomic E-state index is 13.2. The van der Waals surface area contributed by atoms with E-state index in [9.17, 15) is 14.6 Å². The van der Waals surface area contributed by atoms with Crippen molar-refractivity contribution >= 4 is 10.9 Å². The van der Waals surface area contributed by atoms with Crippen LogP contribution in [0.4, 0.5) is 4.39 Å². The Bertz CT molecular complexity index is 1070. The highest BCUT2D eigenvalue weighted by Crippen LogP contribution is 2.33. The third kappa shape index (κ3) is 4.80. The van der Waals surface area contributed by atoms with E-state index >= 15 is 0 Å². The van der Waals surface area contributed by atoms with Crippen LogP contribution in [0.2, 0.25) is 0 Å². The van der Waals surface area contributed by atoms with Crippen molar-refractivity contribution in [1.82, 2.24) is 9.88 Å². The number of nitrogens with zero attached hydrogens (tertiary/aromatic N) is 2. The van der Waals surface area contributed by atoms with Crippen LogP contribution < -0.4 is 0 Å². The highest BCUT2D eigenvalue weighted by atomic mass is 19.1. The van der Waals surface area contributed by atoms with E-state index in [2.05, 4.69) is 16.0 Å². The molecule has 4 rings (SSSR count). The average molecular weight is 422 g/mol. The van der Waals surface area contributed by atoms with Gasteiger partial charge in [-0.1, -0.05) is 12.1 Å². The van der Waals surface area contributed by atoms with Crippen molar-refractivity contribution < 1.29 is 14.6 Å². The second kappa shape index (κ2) is 9.19. The van der Waals surface area contributed by atoms with Gasteiger partial charge in [0.1, 0.15) is 5.82 Å². The number of likely N-dealkylation sites (tertiary alicyclic amines) is 1. The number of unbranched alkanes of at least 4 members (excludes halogenated alkanes) is 1. The first-order valence-corrected chi connectivity index (χ1v) is 10.9. The second-order valence-electron chi connectivity index (χ2n) is 8.52. The first-order valence-electron chi connectivity index (χ1n) is 10.9. The van der Waals surface area contributed by atoms with Gasteiger partial charge in [-0.05, 0) is 81.1 Å². The lowest BCUT2D eigenvalue weighted by Gasteiger charge is -2.39. The maximum Gasteiger partial charge on any atom is 0.193 e. The summed E-state index contributed by atoms with van der Waals surface area (Å²) in [5.74, 6) is -2.64. The molecule has 1 unspecified atom stereocenters. The number of hydrogen-bond acceptors (Lipinski definition) is 4. The summed E-state index contributed by atoms with van der Waals surface area (Å²) in [6.45, 7) is 2.47. The van der Waals surface area contributed by atoms with Crippen molar-refractivity contribution in [3.8, 4) is 6.07 Å². The van der Waals surface area contributed by atoms with Gasteiger partial charge in [0.25, 0.3) is 0 Å². The molecule has 6 heteroatoms. The molecule has 0 bridgehead atoms. The minimum absolute atomic E-state index is 0.301. The molecule has 1 saturated heterocycles. The number of hydrogen-bond donors (Lipinski definition) is 3. The van der Waals surface area contributed by atoms with Crippen LogP contribution in [0.15, 0.2) is 48.7 Å². The minimum Gasteiger partial charge on any atom is -0.362 e. The zero-order valence-corrected chi connectivity index (χ0v) is 17.5. The number of rotatable bonds is 7. The van der Waals surface area contributed by atoms with Gasteiger partial charge in [-0.25, -0.2) is 4.39 Å². The van der Waals surface area contributed by atoms with Crippen LogP contribution in [0.5, 0.6) is 0 Å². The van der Waals surface area contributed by atoms with Crippen molar-refractivity contribution in [2.24, 2.45) is 5.92 Å². The number of nitrogens with one attached hydrogen (secondary N) is 1. The number of aryl methyl sites for hydroxylation is 1. The molecule has 0 spiro atoms. The Balaban J connectivity index is 1.30. The average Bonchev–Trinajstić information content (AvgIpc) is 3.19. The van der Waals surface area contributed by atoms with Crippen LogP contribution in [-0.2, 0) is 12.2 Å². The summed E-state index contributed by atoms with van der Waals surface area (Å²) in [7, 11) is 0. The smallest absolute Gasteiger partial charge is 0.193 e. The molecule has 0 amide bonds. The molecule has 0 radical (unpaired) electrons. The molecule has 2 aromatic carbocycles. The molecule has 3 N–H and O–H groups in total. The number of nitriles is 1. The SMILES string of the molecule is N#Cc1ccc2[nH]cc(CCCCN3CCCC(C(O)(O)c4ccc(F)cc4)C3)c2c1. The quantitative estimate of drug-likeness (QED) is 0.397. The third-order valence-electron chi connectivity index (χ3n) is 6.41. The van der Waals surface area contributed by atoms with Crippen molar-refractivity contribution in [2.75, 3.05) is 19.6 Å². The van der Waals surface area contributed by atoms with Gasteiger partial charge >= 0.3 is 0 Å². The molecule has 1 aliphatic rings. The van der Waals surface area contributed by atoms with Gasteiger partial charge in [0.2, 0.25) is 0 Å². The highest BCUT2D eigenvalue weighted by molar-refractivity contribution is 5.84. The number of aliphatic hydroxyl groups is 2. The molecule has 1 fully saturated rings. The number of aromatic amines is 1. The highest BCUT2D eigenvalue weighted by Gasteiger charge is 2.38. The summed E-state index contributed by atoms with van der Waals surface area (Å²) in [4.78, 5) is 5.57. The summed E-state index contributed by atoms with van der Waals surface area (Å²) in [5.41, 5.74) is 3.29. The largest absolute Gasteiger partial charge is 0.362 e. The standard InChI is InChI=1S/C25H28FN3O2/c26-22-9-7-20(8-10-22)25(30,31)21-5-3-13-29(17-21)12-2-1-4-19-16-28-24-11-6-18(15-27)14-23(19)24/h6-11,14,16,21,28,30-31H,1-5,12-13,17H2. The summed E-state index contributed by atoms with van der Waals surface area (Å²) in [6.07, 6.45) is 6.64. The Morgan fingerprint density at radius 1 is 1.16 bits per heavy atom. The van der Waals surface area contributed by atoms with Crippen molar-refractivity contribution in [1.29, 1.82) is 5.26 Å². The van der Waals surface area contributed by atoms with Gasteiger partial charge in [0.05, 0.1) is 11.6 Å². The van der Waals surface area contributed by atoms with E-state index < -0.39 is 5.79 Å². The summed E-state index contributed by atoms with van der Waals surface area (Å²) in [5, 5.41) is 31.7. The van der Waals surface area contributed by atoms with Gasteiger partial charge < -0.3 is 20.1 Å². The first-order chi connectivity index (χ1) is 15.0. The number of piperidine rings is 1. The summed E-state index contributed by atoms with van der Waals surface area (Å²) in [6, 6.07) is 13.3. The van der Waals surface area contributed by atoms with Gasteiger partial charge in [0, 0.05) is 35.1 Å². The number of halogens is 1. The molecule has 1 aliphatic heterocycles. The molecule has 31 heavy (non-hydrogen) atoms. The Kier molecular flexibility index (Phi) is 6.38. The number of fused-ring (bicyclic) bond motifs is 1. The predicted octanol–water partition coefficient (Wildman–Crippen LogP) is 4.05. The molecule has 3 aromatic rings. The number of H-pyrrole nitrogens is 1. The van der Waals surface area contributed by atoms with Crippen LogP contribution >= 0.6 is 0 Å². The van der Waals surface area contributed by atoms with E-state index in [1.165, 1.54) is 29.8 Å². The van der Waals surface area contributed by atoms with Gasteiger partial charge in [0.15, 0.2) is 5.79 Å². The number of aromatic nitrogens is 1. The molecule has 1 atom stereocenters. The maximum absolute atomic E-state index is 13.2. The van der Waals surface area contributed by atoms with E-state index in [4.69, 9.17) is 5.26 Å². The molecule has 0 saturated carbocycles. The van der Waals surface area contributed by atoms with E-state index in [1.54, 1.807) is 0 Å². The fraction of sp³-hybridized carbons (Fsp3) is 0.400. The molecule has 5 nitrogen and oxygen atoms in total. The summed E-state index contributed by atoms with van der Waals surface area (Å²) >= 11 is 0. The third-order valence-corrected chi connectivity index (χ3v) is 6.41. The molecule has 1 aromatic heterocycles. The molecular weight excluding hydrogens is 393 g/mol. The monoisotopic (exact) mass is 421 g/mol. The Morgan fingerprint density at radius 2 is 1.97 bits per heavy atom. The van der Waals surface area contributed by atoms with E-state index in [0.29, 0.717) is 17.7 Å². The zero-order valence-electron chi connectivity index (χ0n) is 17.5. The Hall–Kier alpha value is -2.72. The van der Waals surface area contributed by atoms with E-state index in [1.807, 2.05) is 24.4 Å². The zero-order chi connectivity index (χ0) is 21.8. The molecule has 162 valence electrons. The van der Waals surface area contributed by atoms with Crippen molar-refractivity contribution in [3.05, 3.63) is 71.2 Å². The molecule has 0 aliphatic carbocycles. The summed E-state index contributed by atoms with van der Waals surface area (Å²) < 4.78 is 13.2. The Labute approximate surface area is 181 Å². The fourth-order valence-electron chi connectivity index (χ4n) is 4.62. The lowest BCUT2D eigenvalue weighted by molar-refractivity contribution is -0.220. The first kappa shape index (κ1) is 21.5. The molecule has 2 heterocycles. The van der Waals surface area contributed by atoms with Crippen LogP contribution in [0.25, 0.3) is 10.9 Å². The van der Waals surface area contributed by atoms with Gasteiger partial charge in [-0.3, -0.25) is 0 Å². The van der Waals surface area contributed by atoms with Crippen LogP contribution in [0.1, 0.15) is 42.4 Å². The lowest BCUT2D eigenvalue weighted by Crippen LogP contribution is -2.46. The number of benzene rings is 2. The van der Waals surface area contributed by atoms with Gasteiger partial charge in [-0.15, -0.1) is 0 Å². The van der Waals surface area contributed by atoms with E-state index in [0.717, 1.165) is 56.1 Å². The van der Waals surface area contributed by atoms with Crippen molar-refractivity contribution in [2.45, 2.75) is 37.9 Å². The predicted molar refractivity (Wildman–Crippen MR) is 118 cm³/mol. The molecular formula is C25H28FN3O2. The van der Waals surface area contributed by atoms with E-state index in [-0.39, 0.29) is 11.7 Å². The van der Waals surface area contributed by atoms with Crippen molar-refractivity contribution in [3.63, 3.8) is 0 Å². The van der Waals surface area contributed by atoms with Gasteiger partial charge in [-0.2, -0.15) is 5.26 Å². The normalized spacial score (nSPS) is 17.7. The van der Waals surface area contributed by atoms with Crippen LogP contribution in [0.3, 0.4) is 0 Å². The van der Waals surface area contributed by atoms with Crippen LogP contribution in [0, 0.1) is 23.1 Å². The van der Waals surface area contributed by atoms with Crippen LogP contribution in [-0.4, -0.2) is 39.7 Å². The minimum atomic E-state index is -1.95. The fourth-order valence-corrected chi connectivity index (χ4v) is 4.62. The second-order valence-corrected chi connectivity index (χ2v) is 8.52. The topological polar surface area (TPSA) is 83.3 Å². The Morgan fingerprint density at radius 3 is 2.74 bits per heavy atom. The lowest BCUT2D eigenvalue weighted by atomic mass is 9.85.